The molecule has 0 bridgehead atoms. The maximum absolute atomic E-state index is 12.6. The number of ether oxygens (including phenoxy) is 2. The summed E-state index contributed by atoms with van der Waals surface area (Å²) in [4.78, 5) is 24.7. The largest absolute Gasteiger partial charge is 0.503 e. The molecule has 0 aliphatic carbocycles. The number of phenolic OH excluding ortho intramolecular Hbond substituents is 1. The van der Waals surface area contributed by atoms with Crippen molar-refractivity contribution in [2.24, 2.45) is 0 Å². The monoisotopic (exact) mass is 426 g/mol. The van der Waals surface area contributed by atoms with Crippen molar-refractivity contribution in [3.05, 3.63) is 33.4 Å². The Morgan fingerprint density at radius 1 is 1.27 bits per heavy atom. The standard InChI is InChI=1S/C18H23BrN2O5/c1-4-7-12-14(17(23)26-6-3)15(21-18(24)20-12)10-8-11(19)16(22)13(9-10)25-5-2/h8-9,15,22H,4-7H2,1-3H3,(H2,20,21,24). The molecule has 2 amide bonds. The van der Waals surface area contributed by atoms with Crippen molar-refractivity contribution in [2.45, 2.75) is 39.7 Å². The van der Waals surface area contributed by atoms with Gasteiger partial charge in [0.25, 0.3) is 0 Å². The lowest BCUT2D eigenvalue weighted by Gasteiger charge is -2.29. The van der Waals surface area contributed by atoms with Gasteiger partial charge in [0, 0.05) is 5.70 Å². The number of carbonyl (C=O) groups is 2. The molecule has 1 aromatic carbocycles. The van der Waals surface area contributed by atoms with E-state index in [1.54, 1.807) is 26.0 Å². The Morgan fingerprint density at radius 2 is 2.00 bits per heavy atom. The number of amides is 2. The fourth-order valence-electron chi connectivity index (χ4n) is 2.79. The van der Waals surface area contributed by atoms with Crippen LogP contribution in [0.4, 0.5) is 4.79 Å². The Labute approximate surface area is 160 Å². The number of rotatable bonds is 7. The van der Waals surface area contributed by atoms with Crippen molar-refractivity contribution in [1.82, 2.24) is 10.6 Å². The van der Waals surface area contributed by atoms with Crippen molar-refractivity contribution in [2.75, 3.05) is 13.2 Å². The molecule has 0 fully saturated rings. The van der Waals surface area contributed by atoms with Crippen molar-refractivity contribution >= 4 is 27.9 Å². The average molecular weight is 427 g/mol. The summed E-state index contributed by atoms with van der Waals surface area (Å²) in [5.41, 5.74) is 1.50. The van der Waals surface area contributed by atoms with E-state index in [0.29, 0.717) is 34.3 Å². The van der Waals surface area contributed by atoms with Crippen LogP contribution in [0.2, 0.25) is 0 Å². The molecule has 142 valence electrons. The van der Waals surface area contributed by atoms with E-state index in [1.807, 2.05) is 6.92 Å². The molecule has 0 spiro atoms. The van der Waals surface area contributed by atoms with Crippen LogP contribution in [0, 0.1) is 0 Å². The molecule has 26 heavy (non-hydrogen) atoms. The quantitative estimate of drug-likeness (QED) is 0.579. The maximum atomic E-state index is 12.6. The van der Waals surface area contributed by atoms with E-state index in [0.717, 1.165) is 6.42 Å². The van der Waals surface area contributed by atoms with Gasteiger partial charge in [0.2, 0.25) is 0 Å². The van der Waals surface area contributed by atoms with Crippen molar-refractivity contribution < 1.29 is 24.2 Å². The Balaban J connectivity index is 2.58. The highest BCUT2D eigenvalue weighted by Gasteiger charge is 2.34. The number of phenols is 1. The summed E-state index contributed by atoms with van der Waals surface area (Å²) < 4.78 is 11.1. The zero-order valence-electron chi connectivity index (χ0n) is 15.0. The van der Waals surface area contributed by atoms with Crippen LogP contribution in [0.5, 0.6) is 11.5 Å². The third-order valence-electron chi connectivity index (χ3n) is 3.83. The Kier molecular flexibility index (Phi) is 6.90. The smallest absolute Gasteiger partial charge is 0.338 e. The zero-order valence-corrected chi connectivity index (χ0v) is 16.6. The van der Waals surface area contributed by atoms with E-state index in [4.69, 9.17) is 9.47 Å². The summed E-state index contributed by atoms with van der Waals surface area (Å²) in [7, 11) is 0. The Hall–Kier alpha value is -2.22. The van der Waals surface area contributed by atoms with Gasteiger partial charge in [-0.3, -0.25) is 0 Å². The van der Waals surface area contributed by atoms with E-state index >= 15 is 0 Å². The molecule has 1 aliphatic heterocycles. The second-order valence-corrected chi connectivity index (χ2v) is 6.53. The van der Waals surface area contributed by atoms with Gasteiger partial charge in [-0.05, 0) is 53.9 Å². The van der Waals surface area contributed by atoms with Crippen LogP contribution < -0.4 is 15.4 Å². The molecule has 1 aromatic rings. The molecule has 3 N–H and O–H groups in total. The van der Waals surface area contributed by atoms with Gasteiger partial charge in [0.1, 0.15) is 0 Å². The first kappa shape index (κ1) is 20.1. The number of hydrogen-bond donors (Lipinski definition) is 3. The summed E-state index contributed by atoms with van der Waals surface area (Å²) in [6, 6.07) is 2.16. The predicted molar refractivity (Wildman–Crippen MR) is 100.0 cm³/mol. The number of benzene rings is 1. The minimum atomic E-state index is -0.708. The molecule has 0 radical (unpaired) electrons. The zero-order chi connectivity index (χ0) is 19.3. The molecular formula is C18H23BrN2O5. The number of urea groups is 1. The van der Waals surface area contributed by atoms with Crippen LogP contribution in [0.3, 0.4) is 0 Å². The van der Waals surface area contributed by atoms with E-state index in [1.165, 1.54) is 0 Å². The molecule has 1 aliphatic rings. The first-order valence-electron chi connectivity index (χ1n) is 8.55. The van der Waals surface area contributed by atoms with Crippen LogP contribution in [0.25, 0.3) is 0 Å². The molecule has 0 saturated carbocycles. The van der Waals surface area contributed by atoms with E-state index in [-0.39, 0.29) is 18.1 Å². The fraction of sp³-hybridized carbons (Fsp3) is 0.444. The molecule has 8 heteroatoms. The summed E-state index contributed by atoms with van der Waals surface area (Å²) in [6.45, 7) is 6.08. The summed E-state index contributed by atoms with van der Waals surface area (Å²) in [6.07, 6.45) is 1.30. The highest BCUT2D eigenvalue weighted by Crippen LogP contribution is 2.39. The predicted octanol–water partition coefficient (Wildman–Crippen LogP) is 3.52. The highest BCUT2D eigenvalue weighted by molar-refractivity contribution is 9.10. The van der Waals surface area contributed by atoms with Crippen molar-refractivity contribution in [3.63, 3.8) is 0 Å². The lowest BCUT2D eigenvalue weighted by molar-refractivity contribution is -0.139. The normalized spacial score (nSPS) is 16.8. The Bertz CT molecular complexity index is 733. The van der Waals surface area contributed by atoms with Gasteiger partial charge in [0.15, 0.2) is 11.5 Å². The first-order valence-corrected chi connectivity index (χ1v) is 9.35. The van der Waals surface area contributed by atoms with Crippen molar-refractivity contribution in [3.8, 4) is 11.5 Å². The summed E-state index contributed by atoms with van der Waals surface area (Å²) >= 11 is 3.29. The van der Waals surface area contributed by atoms with Gasteiger partial charge >= 0.3 is 12.0 Å². The fourth-order valence-corrected chi connectivity index (χ4v) is 3.25. The van der Waals surface area contributed by atoms with Gasteiger partial charge in [0.05, 0.1) is 29.3 Å². The third kappa shape index (κ3) is 4.30. The average Bonchev–Trinajstić information content (AvgIpc) is 2.59. The Morgan fingerprint density at radius 3 is 2.62 bits per heavy atom. The second-order valence-electron chi connectivity index (χ2n) is 5.68. The molecule has 1 unspecified atom stereocenters. The van der Waals surface area contributed by atoms with Crippen molar-refractivity contribution in [1.29, 1.82) is 0 Å². The van der Waals surface area contributed by atoms with Gasteiger partial charge < -0.3 is 25.2 Å². The van der Waals surface area contributed by atoms with Crippen LogP contribution in [0.1, 0.15) is 45.2 Å². The van der Waals surface area contributed by atoms with Crippen LogP contribution in [-0.4, -0.2) is 30.3 Å². The number of carbonyl (C=O) groups excluding carboxylic acids is 2. The minimum Gasteiger partial charge on any atom is -0.503 e. The van der Waals surface area contributed by atoms with E-state index < -0.39 is 18.0 Å². The third-order valence-corrected chi connectivity index (χ3v) is 4.44. The van der Waals surface area contributed by atoms with Gasteiger partial charge in [-0.25, -0.2) is 9.59 Å². The number of aromatic hydroxyl groups is 1. The van der Waals surface area contributed by atoms with Crippen LogP contribution >= 0.6 is 15.9 Å². The molecule has 0 aromatic heterocycles. The lowest BCUT2D eigenvalue weighted by Crippen LogP contribution is -2.46. The van der Waals surface area contributed by atoms with E-state index in [9.17, 15) is 14.7 Å². The topological polar surface area (TPSA) is 96.9 Å². The molecular weight excluding hydrogens is 404 g/mol. The molecule has 7 nitrogen and oxygen atoms in total. The molecule has 1 atom stereocenters. The molecule has 1 heterocycles. The summed E-state index contributed by atoms with van der Waals surface area (Å²) in [5, 5.41) is 15.6. The number of nitrogens with one attached hydrogen (secondary N) is 2. The van der Waals surface area contributed by atoms with Gasteiger partial charge in [-0.1, -0.05) is 13.3 Å². The maximum Gasteiger partial charge on any atom is 0.338 e. The van der Waals surface area contributed by atoms with Gasteiger partial charge in [-0.15, -0.1) is 0 Å². The SMILES string of the molecule is CCCC1=C(C(=O)OCC)C(c2cc(Br)c(O)c(OCC)c2)NC(=O)N1. The summed E-state index contributed by atoms with van der Waals surface area (Å²) in [5.74, 6) is -0.258. The molecule has 2 rings (SSSR count). The van der Waals surface area contributed by atoms with Gasteiger partial charge in [-0.2, -0.15) is 0 Å². The second kappa shape index (κ2) is 8.93. The number of halogens is 1. The van der Waals surface area contributed by atoms with E-state index in [2.05, 4.69) is 26.6 Å². The minimum absolute atomic E-state index is 0.0358. The van der Waals surface area contributed by atoms with Crippen LogP contribution in [-0.2, 0) is 9.53 Å². The number of esters is 1. The molecule has 0 saturated heterocycles. The lowest BCUT2D eigenvalue weighted by atomic mass is 9.93. The first-order chi connectivity index (χ1) is 12.4. The number of allylic oxidation sites excluding steroid dienone is 1. The van der Waals surface area contributed by atoms with Crippen LogP contribution in [0.15, 0.2) is 27.9 Å². The number of hydrogen-bond acceptors (Lipinski definition) is 5. The highest BCUT2D eigenvalue weighted by atomic mass is 79.9.